The molecule has 5 heteroatoms. The average molecular weight is 312 g/mol. The fourth-order valence-corrected chi connectivity index (χ4v) is 2.72. The molecule has 0 aromatic heterocycles. The minimum atomic E-state index is -0.296. The van der Waals surface area contributed by atoms with Gasteiger partial charge in [0.25, 0.3) is 0 Å². The Bertz CT molecular complexity index is 756. The molecule has 4 nitrogen and oxygen atoms in total. The van der Waals surface area contributed by atoms with Gasteiger partial charge in [-0.15, -0.1) is 0 Å². The normalized spacial score (nSPS) is 17.1. The van der Waals surface area contributed by atoms with Gasteiger partial charge in [-0.1, -0.05) is 24.3 Å². The van der Waals surface area contributed by atoms with Crippen LogP contribution in [0.15, 0.2) is 53.6 Å². The third-order valence-electron chi connectivity index (χ3n) is 3.89. The number of benzene rings is 2. The Labute approximate surface area is 134 Å². The first kappa shape index (κ1) is 15.2. The molecular weight excluding hydrogens is 295 g/mol. The van der Waals surface area contributed by atoms with Gasteiger partial charge in [0.05, 0.1) is 18.9 Å². The lowest BCUT2D eigenvalue weighted by Gasteiger charge is -2.20. The van der Waals surface area contributed by atoms with E-state index in [9.17, 15) is 9.18 Å². The maximum absolute atomic E-state index is 13.1. The predicted molar refractivity (Wildman–Crippen MR) is 85.8 cm³/mol. The van der Waals surface area contributed by atoms with Crippen molar-refractivity contribution in [1.29, 1.82) is 0 Å². The topological polar surface area (TPSA) is 41.9 Å². The molecule has 118 valence electrons. The Morgan fingerprint density at radius 3 is 2.65 bits per heavy atom. The minimum Gasteiger partial charge on any atom is -0.497 e. The highest BCUT2D eigenvalue weighted by molar-refractivity contribution is 6.03. The molecule has 0 fully saturated rings. The van der Waals surface area contributed by atoms with Gasteiger partial charge in [0, 0.05) is 18.9 Å². The molecule has 0 saturated heterocycles. The summed E-state index contributed by atoms with van der Waals surface area (Å²) in [5, 5.41) is 5.92. The van der Waals surface area contributed by atoms with Gasteiger partial charge in [-0.3, -0.25) is 4.79 Å². The molecular formula is C18H17FN2O2. The summed E-state index contributed by atoms with van der Waals surface area (Å²) < 4.78 is 18.4. The van der Waals surface area contributed by atoms with Gasteiger partial charge >= 0.3 is 0 Å². The van der Waals surface area contributed by atoms with Crippen molar-refractivity contribution in [3.05, 3.63) is 65.5 Å². The molecule has 1 amide bonds. The van der Waals surface area contributed by atoms with Crippen LogP contribution in [0.1, 0.15) is 30.5 Å². The van der Waals surface area contributed by atoms with Crippen molar-refractivity contribution in [3.8, 4) is 5.75 Å². The molecule has 0 aliphatic carbocycles. The van der Waals surface area contributed by atoms with Gasteiger partial charge in [0.15, 0.2) is 0 Å². The molecule has 2 aromatic rings. The molecule has 2 aromatic carbocycles. The van der Waals surface area contributed by atoms with Crippen LogP contribution in [0.5, 0.6) is 5.75 Å². The van der Waals surface area contributed by atoms with Gasteiger partial charge in [-0.25, -0.2) is 9.40 Å². The molecule has 0 saturated carbocycles. The second kappa shape index (κ2) is 6.20. The van der Waals surface area contributed by atoms with Gasteiger partial charge < -0.3 is 4.74 Å². The van der Waals surface area contributed by atoms with Crippen LogP contribution in [-0.2, 0) is 4.79 Å². The van der Waals surface area contributed by atoms with Crippen LogP contribution in [0.2, 0.25) is 0 Å². The number of hydrogen-bond donors (Lipinski definition) is 0. The largest absolute Gasteiger partial charge is 0.497 e. The summed E-state index contributed by atoms with van der Waals surface area (Å²) in [6.07, 6.45) is 0.582. The third kappa shape index (κ3) is 3.08. The lowest BCUT2D eigenvalue weighted by Crippen LogP contribution is -2.24. The molecule has 0 N–H and O–H groups in total. The van der Waals surface area contributed by atoms with E-state index in [2.05, 4.69) is 5.10 Å². The lowest BCUT2D eigenvalue weighted by atomic mass is 9.98. The summed E-state index contributed by atoms with van der Waals surface area (Å²) in [4.78, 5) is 11.9. The summed E-state index contributed by atoms with van der Waals surface area (Å²) in [6.45, 7) is 1.48. The first-order valence-corrected chi connectivity index (χ1v) is 7.35. The Balaban J connectivity index is 1.93. The number of methoxy groups -OCH3 is 1. The first-order chi connectivity index (χ1) is 11.1. The van der Waals surface area contributed by atoms with Gasteiger partial charge in [-0.05, 0) is 29.8 Å². The highest BCUT2D eigenvalue weighted by Gasteiger charge is 2.31. The Kier molecular flexibility index (Phi) is 4.10. The molecule has 3 rings (SSSR count). The summed E-state index contributed by atoms with van der Waals surface area (Å²) in [7, 11) is 1.61. The second-order valence-corrected chi connectivity index (χ2v) is 5.41. The van der Waals surface area contributed by atoms with Crippen LogP contribution in [0.4, 0.5) is 4.39 Å². The van der Waals surface area contributed by atoms with E-state index in [1.807, 2.05) is 24.3 Å². The van der Waals surface area contributed by atoms with E-state index in [0.29, 0.717) is 6.42 Å². The highest BCUT2D eigenvalue weighted by Crippen LogP contribution is 2.33. The maximum Gasteiger partial charge on any atom is 0.240 e. The molecule has 0 bridgehead atoms. The second-order valence-electron chi connectivity index (χ2n) is 5.41. The number of nitrogens with zero attached hydrogens (tertiary/aromatic N) is 2. The van der Waals surface area contributed by atoms with Gasteiger partial charge in [-0.2, -0.15) is 5.10 Å². The number of rotatable bonds is 3. The fraction of sp³-hybridized carbons (Fsp3) is 0.222. The summed E-state index contributed by atoms with van der Waals surface area (Å²) in [6, 6.07) is 13.6. The van der Waals surface area contributed by atoms with Crippen LogP contribution >= 0.6 is 0 Å². The quantitative estimate of drug-likeness (QED) is 0.870. The van der Waals surface area contributed by atoms with E-state index in [1.165, 1.54) is 24.1 Å². The zero-order chi connectivity index (χ0) is 16.4. The van der Waals surface area contributed by atoms with Crippen LogP contribution in [0, 0.1) is 5.82 Å². The number of amides is 1. The van der Waals surface area contributed by atoms with Crippen LogP contribution in [0.3, 0.4) is 0 Å². The summed E-state index contributed by atoms with van der Waals surface area (Å²) >= 11 is 0. The number of halogens is 1. The van der Waals surface area contributed by atoms with Crippen molar-refractivity contribution >= 4 is 11.6 Å². The van der Waals surface area contributed by atoms with E-state index >= 15 is 0 Å². The standard InChI is InChI=1S/C18H17FN2O2/c1-12(22)21-18(13-6-8-15(19)9-7-13)11-17(20-21)14-4-3-5-16(10-14)23-2/h3-10,18H,11H2,1-2H3. The summed E-state index contributed by atoms with van der Waals surface area (Å²) in [5.74, 6) is 0.303. The van der Waals surface area contributed by atoms with E-state index in [1.54, 1.807) is 19.2 Å². The summed E-state index contributed by atoms with van der Waals surface area (Å²) in [5.41, 5.74) is 2.59. The maximum atomic E-state index is 13.1. The smallest absolute Gasteiger partial charge is 0.240 e. The Morgan fingerprint density at radius 1 is 1.26 bits per heavy atom. The number of ether oxygens (including phenoxy) is 1. The van der Waals surface area contributed by atoms with Crippen molar-refractivity contribution in [2.45, 2.75) is 19.4 Å². The van der Waals surface area contributed by atoms with E-state index in [0.717, 1.165) is 22.6 Å². The number of carbonyl (C=O) groups excluding carboxylic acids is 1. The highest BCUT2D eigenvalue weighted by atomic mass is 19.1. The molecule has 1 heterocycles. The molecule has 0 spiro atoms. The number of hydrogen-bond acceptors (Lipinski definition) is 3. The van der Waals surface area contributed by atoms with E-state index in [4.69, 9.17) is 4.74 Å². The molecule has 0 radical (unpaired) electrons. The Morgan fingerprint density at radius 2 is 2.00 bits per heavy atom. The Hall–Kier alpha value is -2.69. The van der Waals surface area contributed by atoms with Crippen molar-refractivity contribution in [3.63, 3.8) is 0 Å². The van der Waals surface area contributed by atoms with Crippen molar-refractivity contribution < 1.29 is 13.9 Å². The SMILES string of the molecule is COc1cccc(C2=NN(C(C)=O)C(c3ccc(F)cc3)C2)c1. The van der Waals surface area contributed by atoms with Crippen LogP contribution in [-0.4, -0.2) is 23.7 Å². The monoisotopic (exact) mass is 312 g/mol. The van der Waals surface area contributed by atoms with E-state index < -0.39 is 0 Å². The third-order valence-corrected chi connectivity index (χ3v) is 3.89. The molecule has 1 atom stereocenters. The van der Waals surface area contributed by atoms with Crippen molar-refractivity contribution in [2.75, 3.05) is 7.11 Å². The first-order valence-electron chi connectivity index (χ1n) is 7.35. The zero-order valence-electron chi connectivity index (χ0n) is 13.0. The fourth-order valence-electron chi connectivity index (χ4n) is 2.72. The molecule has 23 heavy (non-hydrogen) atoms. The zero-order valence-corrected chi connectivity index (χ0v) is 13.0. The lowest BCUT2D eigenvalue weighted by molar-refractivity contribution is -0.130. The molecule has 1 aliphatic rings. The van der Waals surface area contributed by atoms with Gasteiger partial charge in [0.1, 0.15) is 11.6 Å². The number of hydrazone groups is 1. The van der Waals surface area contributed by atoms with Gasteiger partial charge in [0.2, 0.25) is 5.91 Å². The van der Waals surface area contributed by atoms with Crippen molar-refractivity contribution in [1.82, 2.24) is 5.01 Å². The van der Waals surface area contributed by atoms with Crippen LogP contribution < -0.4 is 4.74 Å². The minimum absolute atomic E-state index is 0.141. The average Bonchev–Trinajstić information content (AvgIpc) is 3.01. The molecule has 1 unspecified atom stereocenters. The van der Waals surface area contributed by atoms with Crippen molar-refractivity contribution in [2.24, 2.45) is 5.10 Å². The molecule has 1 aliphatic heterocycles. The van der Waals surface area contributed by atoms with E-state index in [-0.39, 0.29) is 17.8 Å². The predicted octanol–water partition coefficient (Wildman–Crippen LogP) is 3.53. The van der Waals surface area contributed by atoms with Crippen LogP contribution in [0.25, 0.3) is 0 Å². The number of carbonyl (C=O) groups is 1.